The minimum Gasteiger partial charge on any atom is -0.314 e. The molecule has 0 aromatic carbocycles. The summed E-state index contributed by atoms with van der Waals surface area (Å²) in [5, 5.41) is 8.98. The van der Waals surface area contributed by atoms with Gasteiger partial charge in [-0.2, -0.15) is 5.10 Å². The van der Waals surface area contributed by atoms with Crippen molar-refractivity contribution in [3.63, 3.8) is 0 Å². The highest BCUT2D eigenvalue weighted by atomic mass is 35.5. The Morgan fingerprint density at radius 3 is 2.67 bits per heavy atom. The minimum absolute atomic E-state index is 0.558. The summed E-state index contributed by atoms with van der Waals surface area (Å²) >= 11 is 6.39. The Morgan fingerprint density at radius 1 is 1.44 bits per heavy atom. The highest BCUT2D eigenvalue weighted by molar-refractivity contribution is 6.31. The molecular weight excluding hydrogens is 246 g/mol. The molecule has 1 N–H and O–H groups in total. The Kier molecular flexibility index (Phi) is 4.68. The highest BCUT2D eigenvalue weighted by Gasteiger charge is 2.28. The standard InChI is InChI=1S/C14H24ClN3/c1-4-16-12(11-7-6-8-11)9-13-14(15)10(3)17-18(13)5-2/h11-12,16H,4-9H2,1-3H3. The molecule has 0 amide bonds. The summed E-state index contributed by atoms with van der Waals surface area (Å²) in [4.78, 5) is 0. The summed E-state index contributed by atoms with van der Waals surface area (Å²) in [6.07, 6.45) is 5.10. The maximum absolute atomic E-state index is 6.39. The van der Waals surface area contributed by atoms with Crippen LogP contribution in [0.4, 0.5) is 0 Å². The molecule has 1 atom stereocenters. The van der Waals surface area contributed by atoms with Gasteiger partial charge >= 0.3 is 0 Å². The molecule has 0 aliphatic heterocycles. The van der Waals surface area contributed by atoms with Gasteiger partial charge in [-0.15, -0.1) is 0 Å². The van der Waals surface area contributed by atoms with Crippen LogP contribution in [-0.2, 0) is 13.0 Å². The molecule has 1 aromatic rings. The van der Waals surface area contributed by atoms with Crippen molar-refractivity contribution in [2.75, 3.05) is 6.54 Å². The van der Waals surface area contributed by atoms with Crippen LogP contribution < -0.4 is 5.32 Å². The predicted molar refractivity (Wildman–Crippen MR) is 76.2 cm³/mol. The second-order valence-corrected chi connectivity index (χ2v) is 5.60. The monoisotopic (exact) mass is 269 g/mol. The zero-order chi connectivity index (χ0) is 13.1. The van der Waals surface area contributed by atoms with E-state index in [1.54, 1.807) is 0 Å². The van der Waals surface area contributed by atoms with Gasteiger partial charge in [0, 0.05) is 19.0 Å². The summed E-state index contributed by atoms with van der Waals surface area (Å²) in [5.41, 5.74) is 2.16. The third-order valence-corrected chi connectivity index (χ3v) is 4.54. The van der Waals surface area contributed by atoms with E-state index in [1.807, 2.05) is 6.92 Å². The quantitative estimate of drug-likeness (QED) is 0.860. The number of aromatic nitrogens is 2. The van der Waals surface area contributed by atoms with Crippen LogP contribution in [0.1, 0.15) is 44.5 Å². The first kappa shape index (κ1) is 13.9. The molecule has 0 radical (unpaired) electrons. The van der Waals surface area contributed by atoms with Gasteiger partial charge in [0.05, 0.1) is 16.4 Å². The molecule has 102 valence electrons. The lowest BCUT2D eigenvalue weighted by Crippen LogP contribution is -2.41. The lowest BCUT2D eigenvalue weighted by Gasteiger charge is -2.34. The number of rotatable bonds is 6. The average Bonchev–Trinajstić information content (AvgIpc) is 2.55. The molecule has 0 spiro atoms. The fourth-order valence-corrected chi connectivity index (χ4v) is 2.99. The van der Waals surface area contributed by atoms with Crippen molar-refractivity contribution in [2.24, 2.45) is 5.92 Å². The van der Waals surface area contributed by atoms with Crippen LogP contribution in [0.2, 0.25) is 5.02 Å². The summed E-state index contributed by atoms with van der Waals surface area (Å²) in [6.45, 7) is 8.21. The summed E-state index contributed by atoms with van der Waals surface area (Å²) in [5.74, 6) is 0.821. The molecule has 0 bridgehead atoms. The van der Waals surface area contributed by atoms with E-state index in [-0.39, 0.29) is 0 Å². The van der Waals surface area contributed by atoms with Crippen LogP contribution in [0.15, 0.2) is 0 Å². The maximum atomic E-state index is 6.39. The van der Waals surface area contributed by atoms with Crippen LogP contribution in [0.5, 0.6) is 0 Å². The molecule has 1 unspecified atom stereocenters. The zero-order valence-electron chi connectivity index (χ0n) is 11.7. The molecule has 1 fully saturated rings. The van der Waals surface area contributed by atoms with Crippen LogP contribution in [-0.4, -0.2) is 22.4 Å². The third kappa shape index (κ3) is 2.72. The van der Waals surface area contributed by atoms with Crippen molar-refractivity contribution in [2.45, 2.75) is 59.0 Å². The molecule has 1 aliphatic rings. The molecule has 2 rings (SSSR count). The van der Waals surface area contributed by atoms with E-state index in [0.29, 0.717) is 6.04 Å². The van der Waals surface area contributed by atoms with Crippen LogP contribution >= 0.6 is 11.6 Å². The second kappa shape index (κ2) is 6.07. The van der Waals surface area contributed by atoms with E-state index in [2.05, 4.69) is 28.9 Å². The SMILES string of the molecule is CCNC(Cc1c(Cl)c(C)nn1CC)C1CCC1. The molecular formula is C14H24ClN3. The normalized spacial score (nSPS) is 17.8. The second-order valence-electron chi connectivity index (χ2n) is 5.22. The Bertz CT molecular complexity index is 396. The van der Waals surface area contributed by atoms with E-state index in [9.17, 15) is 0 Å². The van der Waals surface area contributed by atoms with Crippen LogP contribution in [0, 0.1) is 12.8 Å². The van der Waals surface area contributed by atoms with Crippen LogP contribution in [0.25, 0.3) is 0 Å². The Hall–Kier alpha value is -0.540. The first-order valence-corrected chi connectivity index (χ1v) is 7.50. The van der Waals surface area contributed by atoms with Gasteiger partial charge in [0.25, 0.3) is 0 Å². The molecule has 1 aromatic heterocycles. The van der Waals surface area contributed by atoms with Crippen molar-refractivity contribution in [3.8, 4) is 0 Å². The minimum atomic E-state index is 0.558. The zero-order valence-corrected chi connectivity index (χ0v) is 12.4. The van der Waals surface area contributed by atoms with Gasteiger partial charge in [-0.05, 0) is 39.2 Å². The van der Waals surface area contributed by atoms with E-state index in [4.69, 9.17) is 11.6 Å². The number of hydrogen-bond donors (Lipinski definition) is 1. The summed E-state index contributed by atoms with van der Waals surface area (Å²) in [7, 11) is 0. The van der Waals surface area contributed by atoms with Gasteiger partial charge in [0.1, 0.15) is 0 Å². The predicted octanol–water partition coefficient (Wildman–Crippen LogP) is 3.19. The van der Waals surface area contributed by atoms with Gasteiger partial charge in [0.15, 0.2) is 0 Å². The van der Waals surface area contributed by atoms with Gasteiger partial charge < -0.3 is 5.32 Å². The largest absolute Gasteiger partial charge is 0.314 e. The first-order valence-electron chi connectivity index (χ1n) is 7.12. The average molecular weight is 270 g/mol. The molecule has 3 nitrogen and oxygen atoms in total. The highest BCUT2D eigenvalue weighted by Crippen LogP contribution is 2.32. The van der Waals surface area contributed by atoms with E-state index < -0.39 is 0 Å². The smallest absolute Gasteiger partial charge is 0.0847 e. The Balaban J connectivity index is 2.14. The summed E-state index contributed by atoms with van der Waals surface area (Å²) < 4.78 is 2.06. The number of nitrogens with zero attached hydrogens (tertiary/aromatic N) is 2. The number of hydrogen-bond acceptors (Lipinski definition) is 2. The Labute approximate surface area is 115 Å². The van der Waals surface area contributed by atoms with Gasteiger partial charge in [-0.25, -0.2) is 0 Å². The van der Waals surface area contributed by atoms with Gasteiger partial charge in [-0.1, -0.05) is 24.9 Å². The molecule has 4 heteroatoms. The van der Waals surface area contributed by atoms with Gasteiger partial charge in [-0.3, -0.25) is 4.68 Å². The van der Waals surface area contributed by atoms with Crippen molar-refractivity contribution < 1.29 is 0 Å². The van der Waals surface area contributed by atoms with E-state index in [1.165, 1.54) is 25.0 Å². The molecule has 1 aliphatic carbocycles. The van der Waals surface area contributed by atoms with Crippen molar-refractivity contribution in [1.82, 2.24) is 15.1 Å². The topological polar surface area (TPSA) is 29.9 Å². The van der Waals surface area contributed by atoms with Crippen molar-refractivity contribution >= 4 is 11.6 Å². The lowest BCUT2D eigenvalue weighted by atomic mass is 9.78. The van der Waals surface area contributed by atoms with Crippen LogP contribution in [0.3, 0.4) is 0 Å². The number of aryl methyl sites for hydroxylation is 2. The van der Waals surface area contributed by atoms with Crippen molar-refractivity contribution in [3.05, 3.63) is 16.4 Å². The molecule has 1 saturated carbocycles. The van der Waals surface area contributed by atoms with E-state index in [0.717, 1.165) is 36.1 Å². The lowest BCUT2D eigenvalue weighted by molar-refractivity contribution is 0.227. The first-order chi connectivity index (χ1) is 8.67. The number of halogens is 1. The molecule has 1 heterocycles. The fourth-order valence-electron chi connectivity index (χ4n) is 2.78. The third-order valence-electron chi connectivity index (χ3n) is 4.05. The van der Waals surface area contributed by atoms with Crippen molar-refractivity contribution in [1.29, 1.82) is 0 Å². The fraction of sp³-hybridized carbons (Fsp3) is 0.786. The van der Waals surface area contributed by atoms with Gasteiger partial charge in [0.2, 0.25) is 0 Å². The van der Waals surface area contributed by atoms with E-state index >= 15 is 0 Å². The molecule has 18 heavy (non-hydrogen) atoms. The molecule has 0 saturated heterocycles. The number of likely N-dealkylation sites (N-methyl/N-ethyl adjacent to an activating group) is 1. The maximum Gasteiger partial charge on any atom is 0.0847 e. The number of nitrogens with one attached hydrogen (secondary N) is 1. The summed E-state index contributed by atoms with van der Waals surface area (Å²) in [6, 6.07) is 0.558. The Morgan fingerprint density at radius 2 is 2.17 bits per heavy atom.